The van der Waals surface area contributed by atoms with Crippen molar-refractivity contribution in [1.82, 2.24) is 5.32 Å². The van der Waals surface area contributed by atoms with E-state index in [9.17, 15) is 14.9 Å². The first kappa shape index (κ1) is 21.3. The molecule has 0 radical (unpaired) electrons. The van der Waals surface area contributed by atoms with Crippen LogP contribution in [0.5, 0.6) is 0 Å². The first-order valence-electron chi connectivity index (χ1n) is 10.4. The van der Waals surface area contributed by atoms with Gasteiger partial charge in [-0.3, -0.25) is 9.59 Å². The van der Waals surface area contributed by atoms with Gasteiger partial charge in [0, 0.05) is 17.5 Å². The zero-order valence-corrected chi connectivity index (χ0v) is 17.5. The highest BCUT2D eigenvalue weighted by atomic mass is 16.1. The lowest BCUT2D eigenvalue weighted by Crippen LogP contribution is -2.20. The number of nitriles is 1. The van der Waals surface area contributed by atoms with E-state index in [1.54, 1.807) is 24.3 Å². The van der Waals surface area contributed by atoms with Crippen molar-refractivity contribution in [3.8, 4) is 6.07 Å². The Labute approximate surface area is 177 Å². The van der Waals surface area contributed by atoms with Gasteiger partial charge in [0.2, 0.25) is 0 Å². The van der Waals surface area contributed by atoms with Gasteiger partial charge in [0.15, 0.2) is 5.78 Å². The van der Waals surface area contributed by atoms with Gasteiger partial charge in [-0.25, -0.2) is 0 Å². The number of ketones is 1. The summed E-state index contributed by atoms with van der Waals surface area (Å²) < 4.78 is 0. The fourth-order valence-electron chi connectivity index (χ4n) is 3.74. The maximum Gasteiger partial charge on any atom is 0.267 e. The van der Waals surface area contributed by atoms with E-state index in [0.717, 1.165) is 19.3 Å². The van der Waals surface area contributed by atoms with Gasteiger partial charge in [-0.2, -0.15) is 5.26 Å². The molecule has 0 aliphatic heterocycles. The van der Waals surface area contributed by atoms with Crippen molar-refractivity contribution in [2.45, 2.75) is 52.0 Å². The van der Waals surface area contributed by atoms with Crippen molar-refractivity contribution < 1.29 is 9.59 Å². The number of rotatable bonds is 7. The quantitative estimate of drug-likeness (QED) is 0.394. The third kappa shape index (κ3) is 5.15. The smallest absolute Gasteiger partial charge is 0.267 e. The molecule has 1 atom stereocenters. The van der Waals surface area contributed by atoms with Gasteiger partial charge in [-0.05, 0) is 80.0 Å². The number of benzene rings is 2. The van der Waals surface area contributed by atoms with Crippen LogP contribution < -0.4 is 10.6 Å². The van der Waals surface area contributed by atoms with Crippen LogP contribution in [0.1, 0.15) is 66.2 Å². The average Bonchev–Trinajstić information content (AvgIpc) is 2.77. The molecule has 1 unspecified atom stereocenters. The van der Waals surface area contributed by atoms with Crippen LogP contribution in [0, 0.1) is 11.3 Å². The minimum Gasteiger partial charge on any atom is -0.383 e. The standard InChI is InChI=1S/C25H27N3O2/c1-3-24(21-9-8-19-6-4-5-7-20(19)14-21)27-16-22(15-26)25(30)28-23-12-10-18(11-13-23)17(2)29/h8-14,16,24,27H,3-7H2,1-2H3,(H,28,30)/b22-16-. The molecule has 5 nitrogen and oxygen atoms in total. The van der Waals surface area contributed by atoms with Crippen molar-refractivity contribution in [3.63, 3.8) is 0 Å². The Morgan fingerprint density at radius 2 is 1.80 bits per heavy atom. The number of nitrogens with one attached hydrogen (secondary N) is 2. The second-order valence-electron chi connectivity index (χ2n) is 7.62. The number of carbonyl (C=O) groups is 2. The lowest BCUT2D eigenvalue weighted by atomic mass is 9.89. The van der Waals surface area contributed by atoms with Crippen LogP contribution in [0.4, 0.5) is 5.69 Å². The normalized spacial score (nSPS) is 14.2. The summed E-state index contributed by atoms with van der Waals surface area (Å²) >= 11 is 0. The molecule has 0 bridgehead atoms. The Balaban J connectivity index is 1.69. The lowest BCUT2D eigenvalue weighted by Gasteiger charge is -2.21. The van der Waals surface area contributed by atoms with Gasteiger partial charge in [0.25, 0.3) is 5.91 Å². The number of anilines is 1. The van der Waals surface area contributed by atoms with E-state index >= 15 is 0 Å². The molecule has 1 aliphatic rings. The molecule has 0 saturated carbocycles. The summed E-state index contributed by atoms with van der Waals surface area (Å²) in [5.74, 6) is -0.525. The molecular weight excluding hydrogens is 374 g/mol. The molecule has 0 spiro atoms. The van der Waals surface area contributed by atoms with Crippen molar-refractivity contribution in [1.29, 1.82) is 5.26 Å². The van der Waals surface area contributed by atoms with Crippen molar-refractivity contribution in [2.75, 3.05) is 5.32 Å². The first-order valence-corrected chi connectivity index (χ1v) is 10.4. The number of amides is 1. The molecule has 0 fully saturated rings. The number of hydrogen-bond acceptors (Lipinski definition) is 4. The molecule has 2 aromatic carbocycles. The minimum absolute atomic E-state index is 0.00190. The van der Waals surface area contributed by atoms with Crippen molar-refractivity contribution in [3.05, 3.63) is 76.5 Å². The fourth-order valence-corrected chi connectivity index (χ4v) is 3.74. The Morgan fingerprint density at radius 1 is 1.10 bits per heavy atom. The zero-order valence-electron chi connectivity index (χ0n) is 17.5. The Kier molecular flexibility index (Phi) is 7.03. The average molecular weight is 402 g/mol. The predicted octanol–water partition coefficient (Wildman–Crippen LogP) is 4.85. The van der Waals surface area contributed by atoms with Crippen LogP contribution in [0.25, 0.3) is 0 Å². The Bertz CT molecular complexity index is 1000. The number of aryl methyl sites for hydroxylation is 2. The number of Topliss-reactive ketones (excluding diaryl/α,β-unsaturated/α-hetero) is 1. The van der Waals surface area contributed by atoms with E-state index in [4.69, 9.17) is 0 Å². The molecule has 0 saturated heterocycles. The fraction of sp³-hybridized carbons (Fsp3) is 0.320. The van der Waals surface area contributed by atoms with Gasteiger partial charge in [-0.1, -0.05) is 25.1 Å². The highest BCUT2D eigenvalue weighted by Crippen LogP contribution is 2.26. The lowest BCUT2D eigenvalue weighted by molar-refractivity contribution is -0.112. The summed E-state index contributed by atoms with van der Waals surface area (Å²) in [7, 11) is 0. The molecular formula is C25H27N3O2. The van der Waals surface area contributed by atoms with Gasteiger partial charge in [0.1, 0.15) is 11.6 Å². The summed E-state index contributed by atoms with van der Waals surface area (Å²) in [5, 5.41) is 15.4. The second-order valence-corrected chi connectivity index (χ2v) is 7.62. The summed E-state index contributed by atoms with van der Waals surface area (Å²) in [6.45, 7) is 3.57. The highest BCUT2D eigenvalue weighted by Gasteiger charge is 2.15. The summed E-state index contributed by atoms with van der Waals surface area (Å²) in [6, 6.07) is 15.2. The first-order chi connectivity index (χ1) is 14.5. The van der Waals surface area contributed by atoms with Crippen LogP contribution in [-0.2, 0) is 17.6 Å². The van der Waals surface area contributed by atoms with Crippen LogP contribution >= 0.6 is 0 Å². The minimum atomic E-state index is -0.485. The van der Waals surface area contributed by atoms with Crippen molar-refractivity contribution in [2.24, 2.45) is 0 Å². The topological polar surface area (TPSA) is 82.0 Å². The molecule has 0 aromatic heterocycles. The molecule has 1 amide bonds. The van der Waals surface area contributed by atoms with Gasteiger partial charge in [-0.15, -0.1) is 0 Å². The molecule has 2 N–H and O–H groups in total. The molecule has 1 aliphatic carbocycles. The summed E-state index contributed by atoms with van der Waals surface area (Å²) in [6.07, 6.45) is 7.07. The van der Waals surface area contributed by atoms with Crippen LogP contribution in [-0.4, -0.2) is 11.7 Å². The van der Waals surface area contributed by atoms with Crippen LogP contribution in [0.15, 0.2) is 54.2 Å². The second kappa shape index (κ2) is 9.89. The van der Waals surface area contributed by atoms with E-state index in [0.29, 0.717) is 11.3 Å². The van der Waals surface area contributed by atoms with E-state index in [2.05, 4.69) is 35.8 Å². The maximum atomic E-state index is 12.5. The number of carbonyl (C=O) groups excluding carboxylic acids is 2. The third-order valence-corrected chi connectivity index (χ3v) is 5.53. The van der Waals surface area contributed by atoms with Gasteiger partial charge >= 0.3 is 0 Å². The third-order valence-electron chi connectivity index (χ3n) is 5.53. The van der Waals surface area contributed by atoms with E-state index in [1.807, 2.05) is 6.07 Å². The SMILES string of the molecule is CCC(N/C=C(/C#N)C(=O)Nc1ccc(C(C)=O)cc1)c1ccc2c(c1)CCCC2. The monoisotopic (exact) mass is 401 g/mol. The zero-order chi connectivity index (χ0) is 21.5. The molecule has 30 heavy (non-hydrogen) atoms. The molecule has 0 heterocycles. The number of nitrogens with zero attached hydrogens (tertiary/aromatic N) is 1. The highest BCUT2D eigenvalue weighted by molar-refractivity contribution is 6.06. The van der Waals surface area contributed by atoms with Gasteiger partial charge in [0.05, 0.1) is 6.04 Å². The maximum absolute atomic E-state index is 12.5. The van der Waals surface area contributed by atoms with Gasteiger partial charge < -0.3 is 10.6 Å². The molecule has 5 heteroatoms. The summed E-state index contributed by atoms with van der Waals surface area (Å²) in [4.78, 5) is 23.8. The molecule has 3 rings (SSSR count). The predicted molar refractivity (Wildman–Crippen MR) is 118 cm³/mol. The Morgan fingerprint density at radius 3 is 2.43 bits per heavy atom. The van der Waals surface area contributed by atoms with E-state index in [-0.39, 0.29) is 17.4 Å². The summed E-state index contributed by atoms with van der Waals surface area (Å²) in [5.41, 5.74) is 5.13. The van der Waals surface area contributed by atoms with Crippen LogP contribution in [0.3, 0.4) is 0 Å². The number of fused-ring (bicyclic) bond motifs is 1. The largest absolute Gasteiger partial charge is 0.383 e. The Hall–Kier alpha value is -3.39. The molecule has 2 aromatic rings. The number of hydrogen-bond donors (Lipinski definition) is 2. The van der Waals surface area contributed by atoms with E-state index in [1.165, 1.54) is 42.7 Å². The van der Waals surface area contributed by atoms with Crippen LogP contribution in [0.2, 0.25) is 0 Å². The van der Waals surface area contributed by atoms with E-state index < -0.39 is 5.91 Å². The molecule has 154 valence electrons. The van der Waals surface area contributed by atoms with Crippen molar-refractivity contribution >= 4 is 17.4 Å².